The lowest BCUT2D eigenvalue weighted by molar-refractivity contribution is -0.142. The number of benzene rings is 1. The summed E-state index contributed by atoms with van der Waals surface area (Å²) in [6, 6.07) is 9.79. The average molecular weight is 356 g/mol. The summed E-state index contributed by atoms with van der Waals surface area (Å²) in [7, 11) is 0. The van der Waals surface area contributed by atoms with E-state index in [1.54, 1.807) is 24.3 Å². The molecule has 7 heteroatoms. The number of nitrogens with one attached hydrogen (secondary N) is 2. The Morgan fingerprint density at radius 2 is 1.92 bits per heavy atom. The quantitative estimate of drug-likeness (QED) is 0.821. The number of ether oxygens (including phenoxy) is 1. The van der Waals surface area contributed by atoms with Crippen molar-refractivity contribution in [3.63, 3.8) is 0 Å². The fourth-order valence-electron chi connectivity index (χ4n) is 2.89. The highest BCUT2D eigenvalue weighted by molar-refractivity contribution is 6.08. The fourth-order valence-corrected chi connectivity index (χ4v) is 2.89. The molecule has 0 saturated heterocycles. The molecule has 7 nitrogen and oxygen atoms in total. The van der Waals surface area contributed by atoms with Gasteiger partial charge in [0.15, 0.2) is 0 Å². The van der Waals surface area contributed by atoms with E-state index >= 15 is 0 Å². The van der Waals surface area contributed by atoms with Gasteiger partial charge in [0, 0.05) is 16.8 Å². The number of hydrogen-bond acceptors (Lipinski definition) is 5. The molecular formula is C19H20N2O5. The number of para-hydroxylation sites is 1. The summed E-state index contributed by atoms with van der Waals surface area (Å²) in [6.07, 6.45) is 0.998. The number of amides is 2. The summed E-state index contributed by atoms with van der Waals surface area (Å²) in [5.41, 5.74) is -1.30. The molecule has 0 bridgehead atoms. The van der Waals surface area contributed by atoms with Crippen LogP contribution in [0.3, 0.4) is 0 Å². The molecule has 2 amide bonds. The molecule has 0 saturated carbocycles. The number of anilines is 1. The summed E-state index contributed by atoms with van der Waals surface area (Å²) >= 11 is 0. The van der Waals surface area contributed by atoms with Crippen LogP contribution in [-0.4, -0.2) is 23.3 Å². The Labute approximate surface area is 150 Å². The van der Waals surface area contributed by atoms with Crippen LogP contribution in [0, 0.1) is 0 Å². The molecule has 0 fully saturated rings. The lowest BCUT2D eigenvalue weighted by Gasteiger charge is -2.28. The number of esters is 1. The van der Waals surface area contributed by atoms with E-state index in [1.807, 2.05) is 20.8 Å². The van der Waals surface area contributed by atoms with Crippen LogP contribution in [0.15, 0.2) is 47.1 Å². The first-order valence-electron chi connectivity index (χ1n) is 8.20. The number of fused-ring (bicyclic) bond motifs is 1. The predicted octanol–water partition coefficient (Wildman–Crippen LogP) is 2.59. The van der Waals surface area contributed by atoms with Crippen molar-refractivity contribution in [2.45, 2.75) is 38.3 Å². The van der Waals surface area contributed by atoms with Gasteiger partial charge in [-0.3, -0.25) is 9.59 Å². The third-order valence-electron chi connectivity index (χ3n) is 3.89. The lowest BCUT2D eigenvalue weighted by atomic mass is 9.90. The van der Waals surface area contributed by atoms with Crippen LogP contribution < -0.4 is 10.6 Å². The molecule has 0 aliphatic carbocycles. The molecule has 2 N–H and O–H groups in total. The van der Waals surface area contributed by atoms with E-state index in [4.69, 9.17) is 9.15 Å². The molecule has 1 aromatic heterocycles. The summed E-state index contributed by atoms with van der Waals surface area (Å²) in [5, 5.41) is 5.48. The van der Waals surface area contributed by atoms with Crippen molar-refractivity contribution in [1.29, 1.82) is 0 Å². The normalized spacial score (nSPS) is 18.8. The molecule has 1 atom stereocenters. The van der Waals surface area contributed by atoms with Crippen LogP contribution in [0.5, 0.6) is 0 Å². The van der Waals surface area contributed by atoms with Crippen molar-refractivity contribution in [2.24, 2.45) is 0 Å². The summed E-state index contributed by atoms with van der Waals surface area (Å²) in [6.45, 7) is 5.49. The summed E-state index contributed by atoms with van der Waals surface area (Å²) in [4.78, 5) is 37.8. The number of carbonyl (C=O) groups excluding carboxylic acids is 3. The van der Waals surface area contributed by atoms with Gasteiger partial charge in [-0.15, -0.1) is 0 Å². The van der Waals surface area contributed by atoms with Crippen molar-refractivity contribution in [2.75, 3.05) is 5.32 Å². The van der Waals surface area contributed by atoms with Gasteiger partial charge in [0.25, 0.3) is 5.91 Å². The van der Waals surface area contributed by atoms with Crippen molar-refractivity contribution < 1.29 is 23.5 Å². The number of hydrogen-bond donors (Lipinski definition) is 2. The second kappa shape index (κ2) is 6.33. The topological polar surface area (TPSA) is 97.6 Å². The second-order valence-electron chi connectivity index (χ2n) is 7.17. The van der Waals surface area contributed by atoms with Gasteiger partial charge in [-0.25, -0.2) is 4.79 Å². The second-order valence-corrected chi connectivity index (χ2v) is 7.17. The van der Waals surface area contributed by atoms with E-state index in [1.165, 1.54) is 18.4 Å². The maximum atomic E-state index is 12.8. The van der Waals surface area contributed by atoms with Gasteiger partial charge in [-0.2, -0.15) is 0 Å². The van der Waals surface area contributed by atoms with E-state index < -0.39 is 28.9 Å². The fraction of sp³-hybridized carbons (Fsp3) is 0.316. The van der Waals surface area contributed by atoms with Gasteiger partial charge < -0.3 is 19.8 Å². The zero-order chi connectivity index (χ0) is 18.9. The SMILES string of the molecule is CC(C)(C)NC(=O)CC1(OC(=O)c2ccco2)C(=O)Nc2ccccc21. The van der Waals surface area contributed by atoms with Gasteiger partial charge in [0.05, 0.1) is 12.7 Å². The van der Waals surface area contributed by atoms with Crippen molar-refractivity contribution in [3.8, 4) is 0 Å². The molecule has 0 radical (unpaired) electrons. The van der Waals surface area contributed by atoms with Gasteiger partial charge in [-0.1, -0.05) is 18.2 Å². The van der Waals surface area contributed by atoms with Gasteiger partial charge >= 0.3 is 5.97 Å². The zero-order valence-electron chi connectivity index (χ0n) is 14.8. The Kier molecular flexibility index (Phi) is 4.31. The first-order chi connectivity index (χ1) is 12.2. The van der Waals surface area contributed by atoms with Crippen LogP contribution in [0.1, 0.15) is 43.3 Å². The number of rotatable bonds is 4. The maximum absolute atomic E-state index is 12.8. The molecule has 0 spiro atoms. The summed E-state index contributed by atoms with van der Waals surface area (Å²) in [5.74, 6) is -1.83. The van der Waals surface area contributed by atoms with E-state index in [9.17, 15) is 14.4 Å². The van der Waals surface area contributed by atoms with E-state index in [2.05, 4.69) is 10.6 Å². The Morgan fingerprint density at radius 1 is 1.19 bits per heavy atom. The number of furan rings is 1. The third kappa shape index (κ3) is 3.33. The molecule has 26 heavy (non-hydrogen) atoms. The predicted molar refractivity (Wildman–Crippen MR) is 93.4 cm³/mol. The first-order valence-corrected chi connectivity index (χ1v) is 8.20. The molecule has 2 aromatic rings. The highest BCUT2D eigenvalue weighted by Crippen LogP contribution is 2.42. The molecule has 1 unspecified atom stereocenters. The molecule has 3 rings (SSSR count). The Morgan fingerprint density at radius 3 is 2.58 bits per heavy atom. The van der Waals surface area contributed by atoms with Gasteiger partial charge in [0.1, 0.15) is 0 Å². The minimum Gasteiger partial charge on any atom is -0.457 e. The monoisotopic (exact) mass is 356 g/mol. The highest BCUT2D eigenvalue weighted by atomic mass is 16.6. The Bertz CT molecular complexity index is 851. The van der Waals surface area contributed by atoms with Crippen LogP contribution in [0.4, 0.5) is 5.69 Å². The third-order valence-corrected chi connectivity index (χ3v) is 3.89. The largest absolute Gasteiger partial charge is 0.457 e. The zero-order valence-corrected chi connectivity index (χ0v) is 14.8. The minimum absolute atomic E-state index is 0.0437. The molecule has 1 aliphatic heterocycles. The van der Waals surface area contributed by atoms with Gasteiger partial charge in [-0.05, 0) is 39.0 Å². The molecule has 1 aromatic carbocycles. The lowest BCUT2D eigenvalue weighted by Crippen LogP contribution is -2.47. The molecular weight excluding hydrogens is 336 g/mol. The standard InChI is InChI=1S/C19H20N2O5/c1-18(2,3)21-15(22)11-19(26-16(23)14-9-6-10-25-14)12-7-4-5-8-13(12)20-17(19)24/h4-10H,11H2,1-3H3,(H,20,24)(H,21,22). The Balaban J connectivity index is 1.98. The van der Waals surface area contributed by atoms with Crippen LogP contribution in [-0.2, 0) is 19.9 Å². The maximum Gasteiger partial charge on any atom is 0.375 e. The van der Waals surface area contributed by atoms with Crippen molar-refractivity contribution in [3.05, 3.63) is 54.0 Å². The smallest absolute Gasteiger partial charge is 0.375 e. The van der Waals surface area contributed by atoms with Crippen molar-refractivity contribution >= 4 is 23.5 Å². The van der Waals surface area contributed by atoms with Crippen LogP contribution >= 0.6 is 0 Å². The summed E-state index contributed by atoms with van der Waals surface area (Å²) < 4.78 is 10.6. The van der Waals surface area contributed by atoms with E-state index in [-0.39, 0.29) is 12.2 Å². The van der Waals surface area contributed by atoms with Crippen LogP contribution in [0.25, 0.3) is 0 Å². The molecule has 1 aliphatic rings. The minimum atomic E-state index is -1.75. The van der Waals surface area contributed by atoms with E-state index in [0.717, 1.165) is 0 Å². The Hall–Kier alpha value is -3.09. The average Bonchev–Trinajstić information content (AvgIpc) is 3.14. The van der Waals surface area contributed by atoms with Gasteiger partial charge in [0.2, 0.25) is 17.3 Å². The molecule has 136 valence electrons. The number of carbonyl (C=O) groups is 3. The van der Waals surface area contributed by atoms with E-state index in [0.29, 0.717) is 11.3 Å². The van der Waals surface area contributed by atoms with Crippen LogP contribution in [0.2, 0.25) is 0 Å². The highest BCUT2D eigenvalue weighted by Gasteiger charge is 2.52. The van der Waals surface area contributed by atoms with Crippen molar-refractivity contribution in [1.82, 2.24) is 5.32 Å². The first kappa shape index (κ1) is 17.7. The molecule has 2 heterocycles.